The maximum absolute atomic E-state index is 11.9. The molecule has 0 amide bonds. The highest BCUT2D eigenvalue weighted by atomic mass is 16.5. The van der Waals surface area contributed by atoms with E-state index in [1.165, 1.54) is 0 Å². The standard InChI is InChI=1S/C19H21BO3/c1-14(17-10-9-16(20)12-18(17)22-2)8-11-19(21)23-13-15-6-4-3-5-7-15/h3-7,9-10,12,14H,8,11,13H2,1-2H3/t14-/m0/s1. The van der Waals surface area contributed by atoms with Crippen LogP contribution in [0.2, 0.25) is 0 Å². The molecule has 0 N–H and O–H groups in total. The summed E-state index contributed by atoms with van der Waals surface area (Å²) in [6, 6.07) is 15.3. The molecule has 2 aromatic carbocycles. The van der Waals surface area contributed by atoms with Crippen molar-refractivity contribution in [1.29, 1.82) is 0 Å². The molecular weight excluding hydrogens is 287 g/mol. The van der Waals surface area contributed by atoms with Gasteiger partial charge in [0.15, 0.2) is 0 Å². The lowest BCUT2D eigenvalue weighted by Crippen LogP contribution is -2.09. The van der Waals surface area contributed by atoms with Gasteiger partial charge < -0.3 is 9.47 Å². The van der Waals surface area contributed by atoms with Crippen LogP contribution in [0.3, 0.4) is 0 Å². The second kappa shape index (κ2) is 8.42. The Hall–Kier alpha value is -2.23. The van der Waals surface area contributed by atoms with Crippen molar-refractivity contribution in [3.05, 3.63) is 59.7 Å². The summed E-state index contributed by atoms with van der Waals surface area (Å²) < 4.78 is 10.7. The first-order valence-electron chi connectivity index (χ1n) is 7.73. The number of methoxy groups -OCH3 is 1. The van der Waals surface area contributed by atoms with E-state index in [-0.39, 0.29) is 11.9 Å². The average molecular weight is 308 g/mol. The van der Waals surface area contributed by atoms with Crippen LogP contribution in [0.4, 0.5) is 0 Å². The molecule has 118 valence electrons. The number of benzene rings is 2. The van der Waals surface area contributed by atoms with Gasteiger partial charge >= 0.3 is 5.97 Å². The van der Waals surface area contributed by atoms with Crippen LogP contribution < -0.4 is 10.2 Å². The molecular formula is C19H21BO3. The van der Waals surface area contributed by atoms with E-state index in [2.05, 4.69) is 6.92 Å². The number of carbonyl (C=O) groups is 1. The first-order valence-corrected chi connectivity index (χ1v) is 7.73. The number of rotatable bonds is 7. The summed E-state index contributed by atoms with van der Waals surface area (Å²) in [6.45, 7) is 2.39. The molecule has 0 bridgehead atoms. The zero-order valence-electron chi connectivity index (χ0n) is 13.6. The van der Waals surface area contributed by atoms with Gasteiger partial charge in [-0.3, -0.25) is 4.79 Å². The minimum atomic E-state index is -0.185. The maximum Gasteiger partial charge on any atom is 0.306 e. The van der Waals surface area contributed by atoms with E-state index in [4.69, 9.17) is 17.3 Å². The SMILES string of the molecule is [B]c1ccc([C@@H](C)CCC(=O)OCc2ccccc2)c(OC)c1. The Balaban J connectivity index is 1.84. The van der Waals surface area contributed by atoms with E-state index in [1.807, 2.05) is 42.5 Å². The third kappa shape index (κ3) is 5.17. The van der Waals surface area contributed by atoms with Gasteiger partial charge in [0.1, 0.15) is 20.2 Å². The normalized spacial score (nSPS) is 11.7. The van der Waals surface area contributed by atoms with Crippen molar-refractivity contribution in [3.8, 4) is 5.75 Å². The van der Waals surface area contributed by atoms with Crippen molar-refractivity contribution in [3.63, 3.8) is 0 Å². The van der Waals surface area contributed by atoms with Crippen LogP contribution in [-0.4, -0.2) is 20.9 Å². The summed E-state index contributed by atoms with van der Waals surface area (Å²) in [4.78, 5) is 11.9. The number of hydrogen-bond donors (Lipinski definition) is 0. The lowest BCUT2D eigenvalue weighted by molar-refractivity contribution is -0.145. The summed E-state index contributed by atoms with van der Waals surface area (Å²) in [7, 11) is 7.39. The van der Waals surface area contributed by atoms with Crippen molar-refractivity contribution in [2.24, 2.45) is 0 Å². The molecule has 0 heterocycles. The minimum Gasteiger partial charge on any atom is -0.496 e. The van der Waals surface area contributed by atoms with Crippen molar-refractivity contribution in [1.82, 2.24) is 0 Å². The molecule has 0 fully saturated rings. The summed E-state index contributed by atoms with van der Waals surface area (Å²) in [5.74, 6) is 0.764. The van der Waals surface area contributed by atoms with Gasteiger partial charge in [-0.25, -0.2) is 0 Å². The smallest absolute Gasteiger partial charge is 0.306 e. The Kier molecular flexibility index (Phi) is 6.27. The van der Waals surface area contributed by atoms with E-state index >= 15 is 0 Å². The maximum atomic E-state index is 11.9. The predicted molar refractivity (Wildman–Crippen MR) is 92.3 cm³/mol. The van der Waals surface area contributed by atoms with Crippen molar-refractivity contribution in [2.75, 3.05) is 7.11 Å². The monoisotopic (exact) mass is 308 g/mol. The molecule has 0 aromatic heterocycles. The van der Waals surface area contributed by atoms with E-state index in [9.17, 15) is 4.79 Å². The molecule has 4 heteroatoms. The van der Waals surface area contributed by atoms with Gasteiger partial charge in [-0.15, -0.1) is 0 Å². The molecule has 23 heavy (non-hydrogen) atoms. The van der Waals surface area contributed by atoms with Crippen LogP contribution in [-0.2, 0) is 16.1 Å². The highest BCUT2D eigenvalue weighted by molar-refractivity contribution is 6.32. The highest BCUT2D eigenvalue weighted by Crippen LogP contribution is 2.28. The molecule has 0 aliphatic heterocycles. The molecule has 2 aromatic rings. The fourth-order valence-electron chi connectivity index (χ4n) is 2.43. The first kappa shape index (κ1) is 17.1. The van der Waals surface area contributed by atoms with Crippen LogP contribution in [0.5, 0.6) is 5.75 Å². The molecule has 1 atom stereocenters. The Morgan fingerprint density at radius 1 is 1.17 bits per heavy atom. The lowest BCUT2D eigenvalue weighted by Gasteiger charge is -2.16. The summed E-state index contributed by atoms with van der Waals surface area (Å²) in [5, 5.41) is 0. The van der Waals surface area contributed by atoms with Gasteiger partial charge in [0.2, 0.25) is 0 Å². The number of ether oxygens (including phenoxy) is 2. The molecule has 2 rings (SSSR count). The Morgan fingerprint density at radius 3 is 2.61 bits per heavy atom. The topological polar surface area (TPSA) is 35.5 Å². The Labute approximate surface area is 139 Å². The van der Waals surface area contributed by atoms with Crippen LogP contribution in [0, 0.1) is 0 Å². The number of carbonyl (C=O) groups excluding carboxylic acids is 1. The minimum absolute atomic E-state index is 0.185. The second-order valence-corrected chi connectivity index (χ2v) is 5.59. The first-order chi connectivity index (χ1) is 11.1. The Bertz CT molecular complexity index is 640. The predicted octanol–water partition coefficient (Wildman–Crippen LogP) is 3.12. The number of hydrogen-bond acceptors (Lipinski definition) is 3. The fraction of sp³-hybridized carbons (Fsp3) is 0.316. The molecule has 3 nitrogen and oxygen atoms in total. The van der Waals surface area contributed by atoms with E-state index in [0.29, 0.717) is 24.9 Å². The van der Waals surface area contributed by atoms with Crippen LogP contribution in [0.1, 0.15) is 36.8 Å². The lowest BCUT2D eigenvalue weighted by atomic mass is 9.89. The summed E-state index contributed by atoms with van der Waals surface area (Å²) in [5.41, 5.74) is 2.71. The zero-order chi connectivity index (χ0) is 16.7. The molecule has 0 saturated heterocycles. The van der Waals surface area contributed by atoms with E-state index in [1.54, 1.807) is 13.2 Å². The van der Waals surface area contributed by atoms with Gasteiger partial charge in [0.25, 0.3) is 0 Å². The summed E-state index contributed by atoms with van der Waals surface area (Å²) >= 11 is 0. The van der Waals surface area contributed by atoms with Gasteiger partial charge in [-0.05, 0) is 29.5 Å². The van der Waals surface area contributed by atoms with Crippen molar-refractivity contribution >= 4 is 19.3 Å². The Morgan fingerprint density at radius 2 is 1.91 bits per heavy atom. The number of esters is 1. The molecule has 2 radical (unpaired) electrons. The molecule has 0 aliphatic carbocycles. The van der Waals surface area contributed by atoms with E-state index in [0.717, 1.165) is 16.9 Å². The largest absolute Gasteiger partial charge is 0.496 e. The quantitative estimate of drug-likeness (QED) is 0.582. The van der Waals surface area contributed by atoms with Crippen molar-refractivity contribution in [2.45, 2.75) is 32.3 Å². The summed E-state index contributed by atoms with van der Waals surface area (Å²) in [6.07, 6.45) is 1.08. The molecule has 0 aliphatic rings. The average Bonchev–Trinajstić information content (AvgIpc) is 2.58. The van der Waals surface area contributed by atoms with Crippen LogP contribution in [0.25, 0.3) is 0 Å². The fourth-order valence-corrected chi connectivity index (χ4v) is 2.43. The molecule has 0 unspecified atom stereocenters. The van der Waals surface area contributed by atoms with Crippen LogP contribution in [0.15, 0.2) is 48.5 Å². The van der Waals surface area contributed by atoms with E-state index < -0.39 is 0 Å². The molecule has 0 saturated carbocycles. The van der Waals surface area contributed by atoms with Gasteiger partial charge in [0.05, 0.1) is 7.11 Å². The van der Waals surface area contributed by atoms with Gasteiger partial charge in [-0.2, -0.15) is 0 Å². The van der Waals surface area contributed by atoms with Crippen molar-refractivity contribution < 1.29 is 14.3 Å². The second-order valence-electron chi connectivity index (χ2n) is 5.59. The van der Waals surface area contributed by atoms with Crippen LogP contribution >= 0.6 is 0 Å². The third-order valence-electron chi connectivity index (χ3n) is 3.81. The van der Waals surface area contributed by atoms with Gasteiger partial charge in [-0.1, -0.05) is 54.9 Å². The zero-order valence-corrected chi connectivity index (χ0v) is 13.6. The molecule has 0 spiro atoms. The van der Waals surface area contributed by atoms with Gasteiger partial charge in [0, 0.05) is 6.42 Å². The highest BCUT2D eigenvalue weighted by Gasteiger charge is 2.14. The third-order valence-corrected chi connectivity index (χ3v) is 3.81.